The number of hydrogen-bond acceptors (Lipinski definition) is 5. The van der Waals surface area contributed by atoms with Gasteiger partial charge in [0, 0.05) is 14.1 Å². The van der Waals surface area contributed by atoms with Crippen LogP contribution in [0.4, 0.5) is 4.79 Å². The molecule has 0 spiro atoms. The Morgan fingerprint density at radius 3 is 2.22 bits per heavy atom. The molecule has 1 aromatic rings. The summed E-state index contributed by atoms with van der Waals surface area (Å²) in [6, 6.07) is 2.80. The van der Waals surface area contributed by atoms with Crippen molar-refractivity contribution in [1.82, 2.24) is 9.80 Å². The number of nitrogens with zero attached hydrogens (tertiary/aromatic N) is 2. The zero-order chi connectivity index (χ0) is 20.1. The van der Waals surface area contributed by atoms with Gasteiger partial charge in [-0.25, -0.2) is 4.79 Å². The van der Waals surface area contributed by atoms with E-state index in [4.69, 9.17) is 9.47 Å². The summed E-state index contributed by atoms with van der Waals surface area (Å²) in [6.07, 6.45) is 3.38. The highest BCUT2D eigenvalue weighted by atomic mass is 79.9. The van der Waals surface area contributed by atoms with Gasteiger partial charge < -0.3 is 9.47 Å². The van der Waals surface area contributed by atoms with Gasteiger partial charge in [0.2, 0.25) is 0 Å². The molecule has 0 saturated carbocycles. The van der Waals surface area contributed by atoms with E-state index in [0.717, 1.165) is 22.6 Å². The Bertz CT molecular complexity index is 765. The van der Waals surface area contributed by atoms with Gasteiger partial charge in [-0.1, -0.05) is 13.3 Å². The van der Waals surface area contributed by atoms with Gasteiger partial charge in [-0.2, -0.15) is 0 Å². The number of rotatable bonds is 7. The van der Waals surface area contributed by atoms with Crippen molar-refractivity contribution in [2.45, 2.75) is 26.7 Å². The molecular weight excluding hydrogens is 416 g/mol. The number of amides is 4. The minimum absolute atomic E-state index is 0.0893. The van der Waals surface area contributed by atoms with Gasteiger partial charge in [-0.3, -0.25) is 19.4 Å². The lowest BCUT2D eigenvalue weighted by molar-refractivity contribution is -0.134. The van der Waals surface area contributed by atoms with Gasteiger partial charge in [0.15, 0.2) is 11.5 Å². The third kappa shape index (κ3) is 4.50. The van der Waals surface area contributed by atoms with Gasteiger partial charge in [0.05, 0.1) is 17.7 Å². The van der Waals surface area contributed by atoms with Crippen LogP contribution in [0.5, 0.6) is 11.5 Å². The number of hydrogen-bond donors (Lipinski definition) is 0. The summed E-state index contributed by atoms with van der Waals surface area (Å²) >= 11 is 3.47. The smallest absolute Gasteiger partial charge is 0.333 e. The molecule has 1 aromatic carbocycles. The maximum absolute atomic E-state index is 12.4. The van der Waals surface area contributed by atoms with E-state index < -0.39 is 17.8 Å². The predicted molar refractivity (Wildman–Crippen MR) is 105 cm³/mol. The normalized spacial score (nSPS) is 14.7. The Morgan fingerprint density at radius 1 is 1.04 bits per heavy atom. The minimum atomic E-state index is -0.655. The SMILES string of the molecule is CCCCOc1c(Br)cc(C=C2C(=O)N(C)C(=O)N(C)C2=O)cc1OCC. The van der Waals surface area contributed by atoms with Crippen molar-refractivity contribution >= 4 is 39.9 Å². The summed E-state index contributed by atoms with van der Waals surface area (Å²) in [6.45, 7) is 4.94. The number of likely N-dealkylation sites (N-methyl/N-ethyl adjacent to an activating group) is 2. The fourth-order valence-corrected chi connectivity index (χ4v) is 3.11. The highest BCUT2D eigenvalue weighted by molar-refractivity contribution is 9.10. The van der Waals surface area contributed by atoms with E-state index in [9.17, 15) is 14.4 Å². The predicted octanol–water partition coefficient (Wildman–Crippen LogP) is 3.46. The number of benzene rings is 1. The van der Waals surface area contributed by atoms with Crippen LogP contribution in [0, 0.1) is 0 Å². The molecule has 1 aliphatic heterocycles. The van der Waals surface area contributed by atoms with Crippen LogP contribution in [0.2, 0.25) is 0 Å². The van der Waals surface area contributed by atoms with Crippen molar-refractivity contribution < 1.29 is 23.9 Å². The number of barbiturate groups is 1. The van der Waals surface area contributed by atoms with E-state index in [2.05, 4.69) is 22.9 Å². The number of carbonyl (C=O) groups excluding carboxylic acids is 3. The second kappa shape index (κ2) is 9.03. The molecule has 0 radical (unpaired) electrons. The molecule has 0 atom stereocenters. The molecule has 1 fully saturated rings. The van der Waals surface area contributed by atoms with Crippen LogP contribution in [-0.2, 0) is 9.59 Å². The van der Waals surface area contributed by atoms with Gasteiger partial charge in [-0.05, 0) is 53.0 Å². The standard InChI is InChI=1S/C19H23BrN2O5/c1-5-7-8-27-16-14(20)10-12(11-15(16)26-6-2)9-13-17(23)21(3)19(25)22(4)18(13)24/h9-11H,5-8H2,1-4H3. The number of unbranched alkanes of at least 4 members (excludes halogenated alkanes) is 1. The van der Waals surface area contributed by atoms with Crippen molar-refractivity contribution in [3.8, 4) is 11.5 Å². The quantitative estimate of drug-likeness (QED) is 0.370. The number of carbonyl (C=O) groups is 3. The zero-order valence-corrected chi connectivity index (χ0v) is 17.5. The van der Waals surface area contributed by atoms with Crippen molar-refractivity contribution in [2.75, 3.05) is 27.3 Å². The number of halogens is 1. The first-order chi connectivity index (χ1) is 12.8. The van der Waals surface area contributed by atoms with E-state index in [0.29, 0.717) is 34.7 Å². The number of urea groups is 1. The Balaban J connectivity index is 2.43. The van der Waals surface area contributed by atoms with Crippen molar-refractivity contribution in [1.29, 1.82) is 0 Å². The molecule has 0 bridgehead atoms. The molecule has 0 aromatic heterocycles. The topological polar surface area (TPSA) is 76.2 Å². The summed E-state index contributed by atoms with van der Waals surface area (Å²) in [5, 5.41) is 0. The number of imide groups is 2. The summed E-state index contributed by atoms with van der Waals surface area (Å²) in [4.78, 5) is 38.4. The van der Waals surface area contributed by atoms with E-state index in [1.54, 1.807) is 12.1 Å². The van der Waals surface area contributed by atoms with Crippen molar-refractivity contribution in [3.05, 3.63) is 27.7 Å². The van der Waals surface area contributed by atoms with Crippen molar-refractivity contribution in [2.24, 2.45) is 0 Å². The van der Waals surface area contributed by atoms with E-state index >= 15 is 0 Å². The van der Waals surface area contributed by atoms with Crippen LogP contribution < -0.4 is 9.47 Å². The summed E-state index contributed by atoms with van der Waals surface area (Å²) < 4.78 is 12.1. The summed E-state index contributed by atoms with van der Waals surface area (Å²) in [5.41, 5.74) is 0.495. The molecule has 0 aliphatic carbocycles. The highest BCUT2D eigenvalue weighted by Crippen LogP contribution is 2.38. The first-order valence-electron chi connectivity index (χ1n) is 8.72. The molecule has 7 nitrogen and oxygen atoms in total. The first kappa shape index (κ1) is 21.0. The van der Waals surface area contributed by atoms with Gasteiger partial charge in [0.1, 0.15) is 5.57 Å². The van der Waals surface area contributed by atoms with E-state index in [1.165, 1.54) is 20.2 Å². The lowest BCUT2D eigenvalue weighted by atomic mass is 10.1. The van der Waals surface area contributed by atoms with Crippen LogP contribution >= 0.6 is 15.9 Å². The largest absolute Gasteiger partial charge is 0.490 e. The monoisotopic (exact) mass is 438 g/mol. The Hall–Kier alpha value is -2.35. The van der Waals surface area contributed by atoms with E-state index in [-0.39, 0.29) is 5.57 Å². The maximum Gasteiger partial charge on any atom is 0.333 e. The molecule has 8 heteroatoms. The molecule has 2 rings (SSSR count). The van der Waals surface area contributed by atoms with Gasteiger partial charge in [-0.15, -0.1) is 0 Å². The molecule has 1 aliphatic rings. The summed E-state index contributed by atoms with van der Waals surface area (Å²) in [7, 11) is 2.68. The van der Waals surface area contributed by atoms with Crippen LogP contribution in [-0.4, -0.2) is 55.0 Å². The third-order valence-electron chi connectivity index (χ3n) is 4.03. The lowest BCUT2D eigenvalue weighted by Gasteiger charge is -2.28. The molecule has 0 unspecified atom stereocenters. The average Bonchev–Trinajstić information content (AvgIpc) is 2.64. The maximum atomic E-state index is 12.4. The Morgan fingerprint density at radius 2 is 1.67 bits per heavy atom. The average molecular weight is 439 g/mol. The third-order valence-corrected chi connectivity index (χ3v) is 4.62. The van der Waals surface area contributed by atoms with Gasteiger partial charge in [0.25, 0.3) is 11.8 Å². The molecule has 0 N–H and O–H groups in total. The molecule has 146 valence electrons. The Kier molecular flexibility index (Phi) is 7.01. The zero-order valence-electron chi connectivity index (χ0n) is 15.9. The minimum Gasteiger partial charge on any atom is -0.490 e. The number of ether oxygens (including phenoxy) is 2. The van der Waals surface area contributed by atoms with Crippen LogP contribution in [0.1, 0.15) is 32.3 Å². The fraction of sp³-hybridized carbons (Fsp3) is 0.421. The van der Waals surface area contributed by atoms with Crippen LogP contribution in [0.3, 0.4) is 0 Å². The molecular formula is C19H23BrN2O5. The lowest BCUT2D eigenvalue weighted by Crippen LogP contribution is -2.52. The molecule has 27 heavy (non-hydrogen) atoms. The second-order valence-corrected chi connectivity index (χ2v) is 6.89. The van der Waals surface area contributed by atoms with E-state index in [1.807, 2.05) is 6.92 Å². The van der Waals surface area contributed by atoms with Crippen LogP contribution in [0.15, 0.2) is 22.2 Å². The molecule has 1 heterocycles. The first-order valence-corrected chi connectivity index (χ1v) is 9.52. The highest BCUT2D eigenvalue weighted by Gasteiger charge is 2.37. The second-order valence-electron chi connectivity index (χ2n) is 6.03. The Labute approximate surface area is 167 Å². The molecule has 1 saturated heterocycles. The fourth-order valence-electron chi connectivity index (χ4n) is 2.53. The molecule has 4 amide bonds. The van der Waals surface area contributed by atoms with Gasteiger partial charge >= 0.3 is 6.03 Å². The van der Waals surface area contributed by atoms with Crippen LogP contribution in [0.25, 0.3) is 6.08 Å². The van der Waals surface area contributed by atoms with Crippen molar-refractivity contribution in [3.63, 3.8) is 0 Å². The summed E-state index contributed by atoms with van der Waals surface area (Å²) in [5.74, 6) is -0.178.